The summed E-state index contributed by atoms with van der Waals surface area (Å²) >= 11 is 12.3. The molecule has 0 spiro atoms. The highest BCUT2D eigenvalue weighted by Gasteiger charge is 2.29. The van der Waals surface area contributed by atoms with Gasteiger partial charge in [0.1, 0.15) is 0 Å². The van der Waals surface area contributed by atoms with Crippen molar-refractivity contribution in [2.45, 2.75) is 25.8 Å². The lowest BCUT2D eigenvalue weighted by atomic mass is 10.0. The Hall–Kier alpha value is -1.67. The zero-order chi connectivity index (χ0) is 19.4. The number of nitrogens with zero attached hydrogens (tertiary/aromatic N) is 3. The topological polar surface area (TPSA) is 80.5 Å². The fraction of sp³-hybridized carbons (Fsp3) is 0.500. The van der Waals surface area contributed by atoms with Crippen LogP contribution in [0.3, 0.4) is 0 Å². The van der Waals surface area contributed by atoms with Gasteiger partial charge in [0.25, 0.3) is 0 Å². The van der Waals surface area contributed by atoms with Crippen LogP contribution in [0.25, 0.3) is 0 Å². The van der Waals surface area contributed by atoms with Gasteiger partial charge in [-0.15, -0.1) is 0 Å². The van der Waals surface area contributed by atoms with E-state index in [0.717, 1.165) is 13.1 Å². The van der Waals surface area contributed by atoms with Crippen LogP contribution < -0.4 is 5.32 Å². The molecule has 27 heavy (non-hydrogen) atoms. The Morgan fingerprint density at radius 1 is 1.26 bits per heavy atom. The van der Waals surface area contributed by atoms with Gasteiger partial charge in [-0.1, -0.05) is 34.4 Å². The third-order valence-electron chi connectivity index (χ3n) is 4.61. The first-order chi connectivity index (χ1) is 12.9. The number of hydrogen-bond acceptors (Lipinski definition) is 6. The third kappa shape index (κ3) is 4.99. The molecule has 0 aliphatic carbocycles. The molecule has 2 heterocycles. The van der Waals surface area contributed by atoms with E-state index in [0.29, 0.717) is 41.2 Å². The van der Waals surface area contributed by atoms with Crippen LogP contribution in [0, 0.1) is 0 Å². The number of halogens is 2. The number of benzene rings is 1. The third-order valence-corrected chi connectivity index (χ3v) is 5.32. The van der Waals surface area contributed by atoms with Gasteiger partial charge in [0, 0.05) is 41.6 Å². The number of carbonyl (C=O) groups is 1. The van der Waals surface area contributed by atoms with Crippen molar-refractivity contribution in [3.8, 4) is 0 Å². The quantitative estimate of drug-likeness (QED) is 0.785. The van der Waals surface area contributed by atoms with E-state index in [1.807, 2.05) is 0 Å². The van der Waals surface area contributed by atoms with Crippen LogP contribution in [0.2, 0.25) is 10.0 Å². The Morgan fingerprint density at radius 3 is 2.59 bits per heavy atom. The molecule has 1 aliphatic heterocycles. The van der Waals surface area contributed by atoms with Gasteiger partial charge in [0.05, 0.1) is 13.2 Å². The van der Waals surface area contributed by atoms with Crippen molar-refractivity contribution in [1.29, 1.82) is 0 Å². The van der Waals surface area contributed by atoms with Crippen LogP contribution in [0.4, 0.5) is 0 Å². The fourth-order valence-corrected chi connectivity index (χ4v) is 3.46. The second-order valence-electron chi connectivity index (χ2n) is 6.99. The van der Waals surface area contributed by atoms with Crippen LogP contribution in [0.15, 0.2) is 22.7 Å². The van der Waals surface area contributed by atoms with E-state index in [1.165, 1.54) is 0 Å². The lowest BCUT2D eigenvalue weighted by Gasteiger charge is -2.40. The predicted octanol–water partition coefficient (Wildman–Crippen LogP) is 2.81. The van der Waals surface area contributed by atoms with Crippen molar-refractivity contribution < 1.29 is 14.1 Å². The molecule has 1 saturated heterocycles. The number of aromatic nitrogens is 2. The van der Waals surface area contributed by atoms with Gasteiger partial charge in [0.15, 0.2) is 5.82 Å². The number of rotatable bonds is 6. The molecule has 0 atom stereocenters. The normalized spacial score (nSPS) is 15.7. The summed E-state index contributed by atoms with van der Waals surface area (Å²) in [5.74, 6) is -0.131. The highest BCUT2D eigenvalue weighted by molar-refractivity contribution is 6.36. The Bertz CT molecular complexity index is 783. The maximum Gasteiger partial charge on any atom is 0.315 e. The molecule has 0 radical (unpaired) electrons. The van der Waals surface area contributed by atoms with Gasteiger partial charge < -0.3 is 14.6 Å². The highest BCUT2D eigenvalue weighted by Crippen LogP contribution is 2.26. The van der Waals surface area contributed by atoms with Gasteiger partial charge in [-0.05, 0) is 31.5 Å². The van der Waals surface area contributed by atoms with Crippen LogP contribution in [0.5, 0.6) is 0 Å². The van der Waals surface area contributed by atoms with Crippen molar-refractivity contribution in [2.24, 2.45) is 0 Å². The van der Waals surface area contributed by atoms with Gasteiger partial charge >= 0.3 is 11.8 Å². The molecule has 1 fully saturated rings. The summed E-state index contributed by atoms with van der Waals surface area (Å²) in [5, 5.41) is 7.76. The van der Waals surface area contributed by atoms with Crippen molar-refractivity contribution in [3.63, 3.8) is 0 Å². The number of nitrogens with one attached hydrogen (secondary N) is 1. The van der Waals surface area contributed by atoms with E-state index in [9.17, 15) is 4.79 Å². The maximum absolute atomic E-state index is 12.4. The average molecular weight is 413 g/mol. The van der Waals surface area contributed by atoms with E-state index in [-0.39, 0.29) is 17.9 Å². The summed E-state index contributed by atoms with van der Waals surface area (Å²) in [6, 6.07) is 5.24. The molecule has 1 amide bonds. The van der Waals surface area contributed by atoms with E-state index < -0.39 is 5.91 Å². The average Bonchev–Trinajstić information content (AvgIpc) is 3.12. The molecule has 0 saturated carbocycles. The first kappa shape index (κ1) is 20.1. The molecule has 1 N–H and O–H groups in total. The van der Waals surface area contributed by atoms with Crippen molar-refractivity contribution in [2.75, 3.05) is 32.8 Å². The monoisotopic (exact) mass is 412 g/mol. The summed E-state index contributed by atoms with van der Waals surface area (Å²) < 4.78 is 10.5. The van der Waals surface area contributed by atoms with Crippen LogP contribution >= 0.6 is 23.2 Å². The maximum atomic E-state index is 12.4. The summed E-state index contributed by atoms with van der Waals surface area (Å²) in [6.07, 6.45) is 0.286. The largest absolute Gasteiger partial charge is 0.379 e. The Balaban J connectivity index is 1.60. The van der Waals surface area contributed by atoms with Gasteiger partial charge in [-0.3, -0.25) is 9.69 Å². The molecule has 2 aromatic rings. The summed E-state index contributed by atoms with van der Waals surface area (Å²) in [5.41, 5.74) is 0.495. The number of morpholine rings is 1. The minimum Gasteiger partial charge on any atom is -0.379 e. The number of carbonyl (C=O) groups excluding carboxylic acids is 1. The van der Waals surface area contributed by atoms with Crippen molar-refractivity contribution in [1.82, 2.24) is 20.4 Å². The first-order valence-electron chi connectivity index (χ1n) is 8.73. The molecule has 146 valence electrons. The summed E-state index contributed by atoms with van der Waals surface area (Å²) in [6.45, 7) is 7.71. The molecular formula is C18H22Cl2N4O3. The summed E-state index contributed by atoms with van der Waals surface area (Å²) in [4.78, 5) is 18.8. The van der Waals surface area contributed by atoms with Crippen LogP contribution in [-0.2, 0) is 11.2 Å². The molecule has 0 unspecified atom stereocenters. The molecule has 1 aromatic heterocycles. The predicted molar refractivity (Wildman–Crippen MR) is 102 cm³/mol. The first-order valence-corrected chi connectivity index (χ1v) is 9.49. The SMILES string of the molecule is CC(C)(CNC(=O)c1nc(Cc2c(Cl)cccc2Cl)no1)N1CCOCC1. The number of hydrogen-bond donors (Lipinski definition) is 1. The number of amides is 1. The molecule has 0 bridgehead atoms. The zero-order valence-corrected chi connectivity index (χ0v) is 16.8. The molecule has 1 aliphatic rings. The zero-order valence-electron chi connectivity index (χ0n) is 15.3. The highest BCUT2D eigenvalue weighted by atomic mass is 35.5. The fourth-order valence-electron chi connectivity index (χ4n) is 2.93. The Morgan fingerprint density at radius 2 is 1.93 bits per heavy atom. The van der Waals surface area contributed by atoms with E-state index in [4.69, 9.17) is 32.5 Å². The number of ether oxygens (including phenoxy) is 1. The van der Waals surface area contributed by atoms with Crippen molar-refractivity contribution in [3.05, 3.63) is 45.5 Å². The molecule has 3 rings (SSSR count). The lowest BCUT2D eigenvalue weighted by Crippen LogP contribution is -2.55. The van der Waals surface area contributed by atoms with Gasteiger partial charge in [-0.25, -0.2) is 0 Å². The van der Waals surface area contributed by atoms with E-state index in [1.54, 1.807) is 18.2 Å². The second-order valence-corrected chi connectivity index (χ2v) is 7.80. The Kier molecular flexibility index (Phi) is 6.37. The van der Waals surface area contributed by atoms with E-state index in [2.05, 4.69) is 34.2 Å². The van der Waals surface area contributed by atoms with Crippen LogP contribution in [-0.4, -0.2) is 59.3 Å². The Labute approximate surface area is 168 Å². The molecular weight excluding hydrogens is 391 g/mol. The van der Waals surface area contributed by atoms with Gasteiger partial charge in [0.2, 0.25) is 0 Å². The lowest BCUT2D eigenvalue weighted by molar-refractivity contribution is -0.00933. The van der Waals surface area contributed by atoms with Crippen LogP contribution in [0.1, 0.15) is 35.9 Å². The van der Waals surface area contributed by atoms with E-state index >= 15 is 0 Å². The second kappa shape index (κ2) is 8.56. The minimum atomic E-state index is -0.402. The van der Waals surface area contributed by atoms with Crippen molar-refractivity contribution >= 4 is 29.1 Å². The van der Waals surface area contributed by atoms with Gasteiger partial charge in [-0.2, -0.15) is 4.98 Å². The molecule has 9 heteroatoms. The smallest absolute Gasteiger partial charge is 0.315 e. The molecule has 1 aromatic carbocycles. The summed E-state index contributed by atoms with van der Waals surface area (Å²) in [7, 11) is 0. The minimum absolute atomic E-state index is 0.0778. The standard InChI is InChI=1S/C18H22Cl2N4O3/c1-18(2,24-6-8-26-9-7-24)11-21-16(25)17-22-15(23-27-17)10-12-13(19)4-3-5-14(12)20/h3-5H,6-11H2,1-2H3,(H,21,25). The molecule has 7 nitrogen and oxygen atoms in total.